The quantitative estimate of drug-likeness (QED) is 0.823. The second kappa shape index (κ2) is 8.02. The average molecular weight is 353 g/mol. The van der Waals surface area contributed by atoms with Gasteiger partial charge >= 0.3 is 12.1 Å². The van der Waals surface area contributed by atoms with Crippen LogP contribution in [-0.4, -0.2) is 29.6 Å². The Morgan fingerprint density at radius 1 is 1.12 bits per heavy atom. The predicted octanol–water partition coefficient (Wildman–Crippen LogP) is 3.80. The SMILES string of the molecule is CN(Cc1cccc(C(F)(F)F)c1)Cc1ccccc1OCC(=O)O. The molecule has 2 aromatic carbocycles. The third-order valence-electron chi connectivity index (χ3n) is 3.47. The zero-order valence-corrected chi connectivity index (χ0v) is 13.6. The van der Waals surface area contributed by atoms with Crippen LogP contribution in [0, 0.1) is 0 Å². The molecule has 0 amide bonds. The molecule has 4 nitrogen and oxygen atoms in total. The monoisotopic (exact) mass is 353 g/mol. The highest BCUT2D eigenvalue weighted by atomic mass is 19.4. The molecule has 0 aliphatic heterocycles. The van der Waals surface area contributed by atoms with Crippen LogP contribution >= 0.6 is 0 Å². The number of aliphatic carboxylic acids is 1. The molecule has 0 heterocycles. The lowest BCUT2D eigenvalue weighted by Crippen LogP contribution is -2.19. The van der Waals surface area contributed by atoms with Crippen molar-refractivity contribution in [2.75, 3.05) is 13.7 Å². The number of para-hydroxylation sites is 1. The fourth-order valence-electron chi connectivity index (χ4n) is 2.42. The van der Waals surface area contributed by atoms with Crippen LogP contribution in [-0.2, 0) is 24.1 Å². The molecule has 134 valence electrons. The van der Waals surface area contributed by atoms with E-state index in [1.54, 1.807) is 37.4 Å². The molecule has 2 rings (SSSR count). The molecule has 1 N–H and O–H groups in total. The number of benzene rings is 2. The van der Waals surface area contributed by atoms with Crippen molar-refractivity contribution in [2.24, 2.45) is 0 Å². The molecule has 0 aromatic heterocycles. The van der Waals surface area contributed by atoms with Gasteiger partial charge in [-0.2, -0.15) is 13.2 Å². The summed E-state index contributed by atoms with van der Waals surface area (Å²) >= 11 is 0. The van der Waals surface area contributed by atoms with Crippen molar-refractivity contribution in [2.45, 2.75) is 19.3 Å². The Labute approximate surface area is 143 Å². The molecule has 0 fully saturated rings. The Bertz CT molecular complexity index is 732. The van der Waals surface area contributed by atoms with Crippen LogP contribution in [0.15, 0.2) is 48.5 Å². The molecule has 0 aliphatic rings. The number of carbonyl (C=O) groups is 1. The lowest BCUT2D eigenvalue weighted by molar-refractivity contribution is -0.139. The summed E-state index contributed by atoms with van der Waals surface area (Å²) in [4.78, 5) is 12.5. The summed E-state index contributed by atoms with van der Waals surface area (Å²) in [6, 6.07) is 12.2. The number of ether oxygens (including phenoxy) is 1. The summed E-state index contributed by atoms with van der Waals surface area (Å²) in [6.45, 7) is 0.275. The number of hydrogen-bond donors (Lipinski definition) is 1. The zero-order chi connectivity index (χ0) is 18.4. The minimum Gasteiger partial charge on any atom is -0.482 e. The van der Waals surface area contributed by atoms with E-state index in [-0.39, 0.29) is 0 Å². The average Bonchev–Trinajstić information content (AvgIpc) is 2.53. The van der Waals surface area contributed by atoms with E-state index in [9.17, 15) is 18.0 Å². The summed E-state index contributed by atoms with van der Waals surface area (Å²) in [7, 11) is 1.77. The Morgan fingerprint density at radius 2 is 1.84 bits per heavy atom. The normalized spacial score (nSPS) is 11.6. The van der Waals surface area contributed by atoms with Gasteiger partial charge in [-0.05, 0) is 24.7 Å². The van der Waals surface area contributed by atoms with Gasteiger partial charge in [0.05, 0.1) is 5.56 Å². The lowest BCUT2D eigenvalue weighted by atomic mass is 10.1. The molecular formula is C18H18F3NO3. The first-order valence-corrected chi connectivity index (χ1v) is 7.53. The number of nitrogens with zero attached hydrogens (tertiary/aromatic N) is 1. The number of hydrogen-bond acceptors (Lipinski definition) is 3. The smallest absolute Gasteiger partial charge is 0.416 e. The highest BCUT2D eigenvalue weighted by Crippen LogP contribution is 2.30. The van der Waals surface area contributed by atoms with Crippen molar-refractivity contribution in [1.29, 1.82) is 0 Å². The van der Waals surface area contributed by atoms with E-state index in [1.165, 1.54) is 6.07 Å². The lowest BCUT2D eigenvalue weighted by Gasteiger charge is -2.19. The van der Waals surface area contributed by atoms with E-state index in [4.69, 9.17) is 9.84 Å². The van der Waals surface area contributed by atoms with Gasteiger partial charge in [0.2, 0.25) is 0 Å². The minimum atomic E-state index is -4.37. The van der Waals surface area contributed by atoms with Gasteiger partial charge in [0.25, 0.3) is 0 Å². The molecule has 25 heavy (non-hydrogen) atoms. The van der Waals surface area contributed by atoms with E-state index in [0.29, 0.717) is 24.4 Å². The molecule has 0 unspecified atom stereocenters. The predicted molar refractivity (Wildman–Crippen MR) is 86.2 cm³/mol. The molecule has 0 saturated heterocycles. The largest absolute Gasteiger partial charge is 0.482 e. The van der Waals surface area contributed by atoms with E-state index in [2.05, 4.69) is 0 Å². The van der Waals surface area contributed by atoms with Crippen molar-refractivity contribution >= 4 is 5.97 Å². The first kappa shape index (κ1) is 18.8. The molecular weight excluding hydrogens is 335 g/mol. The Morgan fingerprint density at radius 3 is 2.52 bits per heavy atom. The standard InChI is InChI=1S/C18H18F3NO3/c1-22(10-13-5-4-7-15(9-13)18(19,20)21)11-14-6-2-3-8-16(14)25-12-17(23)24/h2-9H,10-12H2,1H3,(H,23,24). The topological polar surface area (TPSA) is 49.8 Å². The number of halogens is 3. The Kier molecular flexibility index (Phi) is 6.03. The van der Waals surface area contributed by atoms with Gasteiger partial charge in [0.1, 0.15) is 5.75 Å². The van der Waals surface area contributed by atoms with Gasteiger partial charge in [-0.25, -0.2) is 4.79 Å². The fraction of sp³-hybridized carbons (Fsp3) is 0.278. The summed E-state index contributed by atoms with van der Waals surface area (Å²) in [5.74, 6) is -0.632. The molecule has 0 radical (unpaired) electrons. The highest BCUT2D eigenvalue weighted by Gasteiger charge is 2.30. The molecule has 7 heteroatoms. The van der Waals surface area contributed by atoms with E-state index < -0.39 is 24.3 Å². The Balaban J connectivity index is 2.06. The zero-order valence-electron chi connectivity index (χ0n) is 13.6. The van der Waals surface area contributed by atoms with Crippen LogP contribution in [0.3, 0.4) is 0 Å². The summed E-state index contributed by atoms with van der Waals surface area (Å²) in [6.07, 6.45) is -4.37. The maximum Gasteiger partial charge on any atom is 0.416 e. The molecule has 0 atom stereocenters. The molecule has 0 saturated carbocycles. The maximum atomic E-state index is 12.8. The van der Waals surface area contributed by atoms with Gasteiger partial charge in [-0.15, -0.1) is 0 Å². The summed E-state index contributed by atoms with van der Waals surface area (Å²) < 4.78 is 43.6. The van der Waals surface area contributed by atoms with Gasteiger partial charge in [0, 0.05) is 18.7 Å². The number of carboxylic acid groups (broad SMARTS) is 1. The third-order valence-corrected chi connectivity index (χ3v) is 3.47. The van der Waals surface area contributed by atoms with E-state index in [1.807, 2.05) is 4.90 Å². The van der Waals surface area contributed by atoms with Crippen molar-refractivity contribution in [3.8, 4) is 5.75 Å². The van der Waals surface area contributed by atoms with Crippen LogP contribution in [0.5, 0.6) is 5.75 Å². The minimum absolute atomic E-state index is 0.317. The third kappa shape index (κ3) is 5.79. The van der Waals surface area contributed by atoms with Crippen molar-refractivity contribution < 1.29 is 27.8 Å². The molecule has 0 spiro atoms. The van der Waals surface area contributed by atoms with Crippen LogP contribution in [0.4, 0.5) is 13.2 Å². The number of alkyl halides is 3. The molecule has 2 aromatic rings. The highest BCUT2D eigenvalue weighted by molar-refractivity contribution is 5.68. The second-order valence-corrected chi connectivity index (χ2v) is 5.66. The number of rotatable bonds is 7. The van der Waals surface area contributed by atoms with Crippen molar-refractivity contribution in [3.05, 3.63) is 65.2 Å². The van der Waals surface area contributed by atoms with Gasteiger partial charge in [-0.1, -0.05) is 36.4 Å². The molecule has 0 bridgehead atoms. The van der Waals surface area contributed by atoms with Crippen molar-refractivity contribution in [1.82, 2.24) is 4.90 Å². The summed E-state index contributed by atoms with van der Waals surface area (Å²) in [5, 5.41) is 8.71. The fourth-order valence-corrected chi connectivity index (χ4v) is 2.42. The van der Waals surface area contributed by atoms with Crippen molar-refractivity contribution in [3.63, 3.8) is 0 Å². The van der Waals surface area contributed by atoms with Crippen LogP contribution in [0.1, 0.15) is 16.7 Å². The first-order chi connectivity index (χ1) is 11.8. The van der Waals surface area contributed by atoms with Gasteiger partial charge < -0.3 is 9.84 Å². The second-order valence-electron chi connectivity index (χ2n) is 5.66. The number of carboxylic acids is 1. The van der Waals surface area contributed by atoms with E-state index in [0.717, 1.165) is 17.7 Å². The maximum absolute atomic E-state index is 12.8. The van der Waals surface area contributed by atoms with Crippen LogP contribution in [0.2, 0.25) is 0 Å². The van der Waals surface area contributed by atoms with Gasteiger partial charge in [0.15, 0.2) is 6.61 Å². The Hall–Kier alpha value is -2.54. The van der Waals surface area contributed by atoms with Crippen LogP contribution in [0.25, 0.3) is 0 Å². The van der Waals surface area contributed by atoms with E-state index >= 15 is 0 Å². The summed E-state index contributed by atoms with van der Waals surface area (Å²) in [5.41, 5.74) is 0.628. The molecule has 0 aliphatic carbocycles. The van der Waals surface area contributed by atoms with Gasteiger partial charge in [-0.3, -0.25) is 4.90 Å². The first-order valence-electron chi connectivity index (χ1n) is 7.53. The van der Waals surface area contributed by atoms with Crippen LogP contribution < -0.4 is 4.74 Å².